The molecule has 0 aliphatic carbocycles. The summed E-state index contributed by atoms with van der Waals surface area (Å²) >= 11 is 0. The Bertz CT molecular complexity index is 1000. The lowest BCUT2D eigenvalue weighted by Crippen LogP contribution is -2.37. The number of carbonyl (C=O) groups excluding carboxylic acids is 1. The van der Waals surface area contributed by atoms with E-state index in [0.717, 1.165) is 39.9 Å². The molecule has 3 N–H and O–H groups in total. The number of aliphatic hydroxyl groups excluding tert-OH is 1. The van der Waals surface area contributed by atoms with Gasteiger partial charge >= 0.3 is 0 Å². The monoisotopic (exact) mass is 394 g/mol. The maximum atomic E-state index is 11.5. The topological polar surface area (TPSA) is 90.5 Å². The maximum absolute atomic E-state index is 11.5. The van der Waals surface area contributed by atoms with Crippen molar-refractivity contribution in [1.29, 1.82) is 0 Å². The van der Waals surface area contributed by atoms with Crippen molar-refractivity contribution in [2.75, 3.05) is 32.8 Å². The van der Waals surface area contributed by atoms with Crippen LogP contribution < -0.4 is 10.1 Å². The Hall–Kier alpha value is -2.90. The quantitative estimate of drug-likeness (QED) is 0.596. The largest absolute Gasteiger partial charge is 0.490 e. The highest BCUT2D eigenvalue weighted by Crippen LogP contribution is 2.35. The van der Waals surface area contributed by atoms with Gasteiger partial charge in [-0.3, -0.25) is 14.8 Å². The summed E-state index contributed by atoms with van der Waals surface area (Å²) in [6.07, 6.45) is 1.67. The molecule has 1 aliphatic heterocycles. The van der Waals surface area contributed by atoms with Gasteiger partial charge in [0.25, 0.3) is 0 Å². The van der Waals surface area contributed by atoms with Crippen LogP contribution in [0.1, 0.15) is 12.1 Å². The predicted octanol–water partition coefficient (Wildman–Crippen LogP) is 2.10. The zero-order chi connectivity index (χ0) is 20.2. The van der Waals surface area contributed by atoms with E-state index in [1.54, 1.807) is 0 Å². The third-order valence-electron chi connectivity index (χ3n) is 5.31. The first kappa shape index (κ1) is 19.4. The minimum absolute atomic E-state index is 0.0673. The highest BCUT2D eigenvalue weighted by molar-refractivity contribution is 6.00. The fraction of sp³-hybridized carbons (Fsp3) is 0.364. The molecule has 1 unspecified atom stereocenters. The molecule has 3 aromatic rings. The number of aliphatic hydroxyl groups is 1. The maximum Gasteiger partial charge on any atom is 0.221 e. The molecule has 0 radical (unpaired) electrons. The molecule has 0 spiro atoms. The molecule has 1 aliphatic rings. The van der Waals surface area contributed by atoms with Crippen LogP contribution in [0.15, 0.2) is 42.6 Å². The van der Waals surface area contributed by atoms with Crippen molar-refractivity contribution in [1.82, 2.24) is 20.4 Å². The number of carbonyl (C=O) groups is 1. The van der Waals surface area contributed by atoms with Gasteiger partial charge in [0.05, 0.1) is 6.20 Å². The number of nitrogens with zero attached hydrogens (tertiary/aromatic N) is 2. The van der Waals surface area contributed by atoms with Gasteiger partial charge in [0.1, 0.15) is 18.5 Å². The van der Waals surface area contributed by atoms with Crippen molar-refractivity contribution < 1.29 is 14.6 Å². The molecule has 29 heavy (non-hydrogen) atoms. The van der Waals surface area contributed by atoms with E-state index in [1.807, 2.05) is 43.5 Å². The van der Waals surface area contributed by atoms with Gasteiger partial charge in [-0.1, -0.05) is 24.3 Å². The molecule has 0 saturated carbocycles. The summed E-state index contributed by atoms with van der Waals surface area (Å²) in [6, 6.07) is 12.1. The third-order valence-corrected chi connectivity index (χ3v) is 5.31. The van der Waals surface area contributed by atoms with Crippen LogP contribution in [0.5, 0.6) is 5.75 Å². The van der Waals surface area contributed by atoms with Crippen LogP contribution in [0, 0.1) is 6.92 Å². The smallest absolute Gasteiger partial charge is 0.221 e. The van der Waals surface area contributed by atoms with Crippen molar-refractivity contribution in [3.8, 4) is 16.9 Å². The van der Waals surface area contributed by atoms with Crippen LogP contribution in [0.2, 0.25) is 0 Å². The minimum Gasteiger partial charge on any atom is -0.490 e. The molecular weight excluding hydrogens is 368 g/mol. The zero-order valence-corrected chi connectivity index (χ0v) is 16.5. The van der Waals surface area contributed by atoms with Crippen LogP contribution in [-0.4, -0.2) is 65.0 Å². The Labute approximate surface area is 169 Å². The lowest BCUT2D eigenvalue weighted by atomic mass is 9.98. The number of amides is 1. The Morgan fingerprint density at radius 1 is 1.17 bits per heavy atom. The van der Waals surface area contributed by atoms with Gasteiger partial charge in [0.15, 0.2) is 0 Å². The van der Waals surface area contributed by atoms with Gasteiger partial charge in [0.2, 0.25) is 5.91 Å². The number of fused-ring (bicyclic) bond motifs is 1. The molecule has 4 rings (SSSR count). The fourth-order valence-corrected chi connectivity index (χ4v) is 3.79. The molecular formula is C22H26N4O3. The Kier molecular flexibility index (Phi) is 5.78. The first-order valence-electron chi connectivity index (χ1n) is 9.94. The number of ether oxygens (including phenoxy) is 1. The number of aromatic amines is 1. The van der Waals surface area contributed by atoms with E-state index in [1.165, 1.54) is 0 Å². The fourth-order valence-electron chi connectivity index (χ4n) is 3.79. The van der Waals surface area contributed by atoms with Crippen molar-refractivity contribution >= 4 is 16.7 Å². The molecule has 0 bridgehead atoms. The predicted molar refractivity (Wildman–Crippen MR) is 112 cm³/mol. The average molecular weight is 394 g/mol. The standard InChI is InChI=1S/C22H26N4O3/c1-15-20(12-24-25-15)18-6-7-21(19-5-3-2-4-17(18)19)29-14-16(27)13-26-10-8-22(28)23-9-11-26/h2-7,12,16,27H,8-11,13-14H2,1H3,(H,23,28)(H,24,25). The van der Waals surface area contributed by atoms with Crippen LogP contribution in [0.4, 0.5) is 0 Å². The Morgan fingerprint density at radius 3 is 2.79 bits per heavy atom. The highest BCUT2D eigenvalue weighted by atomic mass is 16.5. The molecule has 1 aromatic heterocycles. The van der Waals surface area contributed by atoms with E-state index < -0.39 is 6.10 Å². The normalized spacial score (nSPS) is 16.4. The van der Waals surface area contributed by atoms with E-state index in [-0.39, 0.29) is 12.5 Å². The number of nitrogens with one attached hydrogen (secondary N) is 2. The first-order valence-corrected chi connectivity index (χ1v) is 9.94. The Balaban J connectivity index is 1.47. The van der Waals surface area contributed by atoms with Gasteiger partial charge in [-0.15, -0.1) is 0 Å². The summed E-state index contributed by atoms with van der Waals surface area (Å²) in [6.45, 7) is 4.70. The molecule has 2 heterocycles. The molecule has 1 amide bonds. The molecule has 1 atom stereocenters. The number of hydrogen-bond acceptors (Lipinski definition) is 5. The summed E-state index contributed by atoms with van der Waals surface area (Å²) in [5.74, 6) is 0.815. The van der Waals surface area contributed by atoms with Gasteiger partial charge in [-0.05, 0) is 30.0 Å². The van der Waals surface area contributed by atoms with Gasteiger partial charge in [0, 0.05) is 49.2 Å². The molecule has 2 aromatic carbocycles. The molecule has 1 saturated heterocycles. The van der Waals surface area contributed by atoms with Crippen molar-refractivity contribution in [2.45, 2.75) is 19.4 Å². The van der Waals surface area contributed by atoms with Crippen molar-refractivity contribution in [2.24, 2.45) is 0 Å². The summed E-state index contributed by atoms with van der Waals surface area (Å²) in [4.78, 5) is 13.5. The van der Waals surface area contributed by atoms with Crippen LogP contribution in [-0.2, 0) is 4.79 Å². The van der Waals surface area contributed by atoms with Crippen molar-refractivity contribution in [3.63, 3.8) is 0 Å². The second-order valence-electron chi connectivity index (χ2n) is 7.43. The van der Waals surface area contributed by atoms with E-state index in [2.05, 4.69) is 26.5 Å². The number of hydrogen-bond donors (Lipinski definition) is 3. The summed E-state index contributed by atoms with van der Waals surface area (Å²) in [5.41, 5.74) is 3.18. The van der Waals surface area contributed by atoms with Crippen LogP contribution >= 0.6 is 0 Å². The number of H-pyrrole nitrogens is 1. The molecule has 7 heteroatoms. The number of aryl methyl sites for hydroxylation is 1. The second kappa shape index (κ2) is 8.63. The SMILES string of the molecule is Cc1[nH]ncc1-c1ccc(OCC(O)CN2CCNC(=O)CC2)c2ccccc12. The van der Waals surface area contributed by atoms with E-state index in [9.17, 15) is 9.90 Å². The van der Waals surface area contributed by atoms with Gasteiger partial charge < -0.3 is 15.2 Å². The van der Waals surface area contributed by atoms with E-state index >= 15 is 0 Å². The van der Waals surface area contributed by atoms with E-state index in [4.69, 9.17) is 4.74 Å². The molecule has 152 valence electrons. The summed E-state index contributed by atoms with van der Waals surface area (Å²) in [5, 5.41) is 22.5. The number of aromatic nitrogens is 2. The number of β-amino-alcohol motifs (C(OH)–C–C–N with tert-alkyl or cyclic N) is 1. The number of benzene rings is 2. The molecule has 7 nitrogen and oxygen atoms in total. The summed E-state index contributed by atoms with van der Waals surface area (Å²) in [7, 11) is 0. The van der Waals surface area contributed by atoms with Gasteiger partial charge in [-0.2, -0.15) is 5.10 Å². The van der Waals surface area contributed by atoms with Crippen LogP contribution in [0.25, 0.3) is 21.9 Å². The van der Waals surface area contributed by atoms with Gasteiger partial charge in [-0.25, -0.2) is 0 Å². The average Bonchev–Trinajstić information content (AvgIpc) is 3.04. The van der Waals surface area contributed by atoms with Crippen LogP contribution in [0.3, 0.4) is 0 Å². The number of rotatable bonds is 6. The second-order valence-corrected chi connectivity index (χ2v) is 7.43. The minimum atomic E-state index is -0.627. The lowest BCUT2D eigenvalue weighted by Gasteiger charge is -2.23. The molecule has 1 fully saturated rings. The third kappa shape index (κ3) is 4.41. The van der Waals surface area contributed by atoms with Crippen molar-refractivity contribution in [3.05, 3.63) is 48.3 Å². The zero-order valence-electron chi connectivity index (χ0n) is 16.5. The lowest BCUT2D eigenvalue weighted by molar-refractivity contribution is -0.120. The Morgan fingerprint density at radius 2 is 2.00 bits per heavy atom. The van der Waals surface area contributed by atoms with E-state index in [0.29, 0.717) is 26.1 Å². The first-order chi connectivity index (χ1) is 14.1. The highest BCUT2D eigenvalue weighted by Gasteiger charge is 2.18. The summed E-state index contributed by atoms with van der Waals surface area (Å²) < 4.78 is 5.99.